The number of benzene rings is 1. The number of aliphatic carboxylic acids is 1. The molecule has 1 atom stereocenters. The van der Waals surface area contributed by atoms with Crippen molar-refractivity contribution in [3.63, 3.8) is 0 Å². The number of nitrogens with zero attached hydrogens (tertiary/aromatic N) is 1. The smallest absolute Gasteiger partial charge is 0.308 e. The Balaban J connectivity index is 2.68. The molecule has 1 N–H and O–H groups in total. The highest BCUT2D eigenvalue weighted by atomic mass is 79.9. The fraction of sp³-hybridized carbons (Fsp3) is 0.364. The molecule has 3 nitrogen and oxygen atoms in total. The monoisotopic (exact) mass is 271 g/mol. The normalized spacial score (nSPS) is 12.2. The van der Waals surface area contributed by atoms with Crippen LogP contribution in [0.2, 0.25) is 0 Å². The van der Waals surface area contributed by atoms with Crippen molar-refractivity contribution < 1.29 is 9.90 Å². The Morgan fingerprint density at radius 3 is 2.80 bits per heavy atom. The Hall–Kier alpha value is -1.03. The van der Waals surface area contributed by atoms with Crippen molar-refractivity contribution in [3.8, 4) is 0 Å². The van der Waals surface area contributed by atoms with E-state index >= 15 is 0 Å². The van der Waals surface area contributed by atoms with Crippen LogP contribution in [-0.4, -0.2) is 24.7 Å². The van der Waals surface area contributed by atoms with Crippen molar-refractivity contribution in [2.75, 3.05) is 18.5 Å². The second-order valence-corrected chi connectivity index (χ2v) is 4.52. The van der Waals surface area contributed by atoms with Crippen LogP contribution in [0.15, 0.2) is 28.7 Å². The molecule has 4 heteroatoms. The number of rotatable bonds is 4. The number of halogens is 1. The Bertz CT molecular complexity index is 354. The molecule has 0 saturated heterocycles. The number of hydrogen-bond acceptors (Lipinski definition) is 2. The van der Waals surface area contributed by atoms with E-state index in [0.717, 1.165) is 10.2 Å². The van der Waals surface area contributed by atoms with Crippen molar-refractivity contribution in [1.29, 1.82) is 0 Å². The summed E-state index contributed by atoms with van der Waals surface area (Å²) in [5.74, 6) is -1.13. The zero-order chi connectivity index (χ0) is 11.4. The van der Waals surface area contributed by atoms with Crippen molar-refractivity contribution in [2.45, 2.75) is 6.92 Å². The molecule has 1 aromatic carbocycles. The van der Waals surface area contributed by atoms with E-state index in [4.69, 9.17) is 5.11 Å². The maximum Gasteiger partial charge on any atom is 0.308 e. The van der Waals surface area contributed by atoms with E-state index in [1.807, 2.05) is 36.2 Å². The van der Waals surface area contributed by atoms with Crippen LogP contribution in [-0.2, 0) is 4.79 Å². The van der Waals surface area contributed by atoms with Gasteiger partial charge in [0.05, 0.1) is 5.92 Å². The minimum absolute atomic E-state index is 0.367. The standard InChI is InChI=1S/C11H14BrNO2/c1-8(11(14)15)7-13(2)10-5-3-4-9(12)6-10/h3-6,8H,7H2,1-2H3,(H,14,15). The zero-order valence-electron chi connectivity index (χ0n) is 8.77. The number of anilines is 1. The summed E-state index contributed by atoms with van der Waals surface area (Å²) in [4.78, 5) is 12.6. The summed E-state index contributed by atoms with van der Waals surface area (Å²) in [5.41, 5.74) is 1.01. The van der Waals surface area contributed by atoms with Crippen molar-refractivity contribution in [1.82, 2.24) is 0 Å². The molecule has 0 heterocycles. The van der Waals surface area contributed by atoms with Crippen molar-refractivity contribution in [3.05, 3.63) is 28.7 Å². The predicted octanol–water partition coefficient (Wildman–Crippen LogP) is 2.61. The van der Waals surface area contributed by atoms with Gasteiger partial charge in [-0.2, -0.15) is 0 Å². The third-order valence-corrected chi connectivity index (χ3v) is 2.71. The van der Waals surface area contributed by atoms with Crippen LogP contribution in [0.3, 0.4) is 0 Å². The number of carboxylic acid groups (broad SMARTS) is 1. The minimum atomic E-state index is -0.767. The molecular formula is C11H14BrNO2. The topological polar surface area (TPSA) is 40.5 Å². The molecule has 0 fully saturated rings. The van der Waals surface area contributed by atoms with Gasteiger partial charge in [-0.25, -0.2) is 0 Å². The van der Waals surface area contributed by atoms with E-state index in [2.05, 4.69) is 15.9 Å². The van der Waals surface area contributed by atoms with Gasteiger partial charge in [-0.15, -0.1) is 0 Å². The largest absolute Gasteiger partial charge is 0.481 e. The van der Waals surface area contributed by atoms with Crippen LogP contribution >= 0.6 is 15.9 Å². The van der Waals surface area contributed by atoms with E-state index in [0.29, 0.717) is 6.54 Å². The molecule has 1 unspecified atom stereocenters. The zero-order valence-corrected chi connectivity index (χ0v) is 10.4. The third kappa shape index (κ3) is 3.55. The highest BCUT2D eigenvalue weighted by Gasteiger charge is 2.13. The van der Waals surface area contributed by atoms with Crippen molar-refractivity contribution >= 4 is 27.6 Å². The second kappa shape index (κ2) is 5.16. The maximum atomic E-state index is 10.7. The quantitative estimate of drug-likeness (QED) is 0.915. The van der Waals surface area contributed by atoms with Gasteiger partial charge in [-0.1, -0.05) is 28.9 Å². The van der Waals surface area contributed by atoms with Gasteiger partial charge in [0.15, 0.2) is 0 Å². The fourth-order valence-electron chi connectivity index (χ4n) is 1.31. The summed E-state index contributed by atoms with van der Waals surface area (Å²) in [6, 6.07) is 7.80. The lowest BCUT2D eigenvalue weighted by Gasteiger charge is -2.21. The van der Waals surface area contributed by atoms with E-state index in [-0.39, 0.29) is 5.92 Å². The van der Waals surface area contributed by atoms with Gasteiger partial charge in [0.2, 0.25) is 0 Å². The summed E-state index contributed by atoms with van der Waals surface area (Å²) in [6.07, 6.45) is 0. The summed E-state index contributed by atoms with van der Waals surface area (Å²) in [5, 5.41) is 8.80. The second-order valence-electron chi connectivity index (χ2n) is 3.60. The fourth-order valence-corrected chi connectivity index (χ4v) is 1.70. The Kier molecular flexibility index (Phi) is 4.15. The van der Waals surface area contributed by atoms with Gasteiger partial charge in [-0.3, -0.25) is 4.79 Å². The lowest BCUT2D eigenvalue weighted by molar-refractivity contribution is -0.140. The number of hydrogen-bond donors (Lipinski definition) is 1. The summed E-state index contributed by atoms with van der Waals surface area (Å²) < 4.78 is 0.995. The van der Waals surface area contributed by atoms with Gasteiger partial charge < -0.3 is 10.0 Å². The maximum absolute atomic E-state index is 10.7. The lowest BCUT2D eigenvalue weighted by Crippen LogP contribution is -2.28. The first kappa shape index (κ1) is 12.0. The number of carboxylic acids is 1. The molecule has 0 saturated carbocycles. The van der Waals surface area contributed by atoms with E-state index in [9.17, 15) is 4.79 Å². The number of carbonyl (C=O) groups is 1. The SMILES string of the molecule is CC(CN(C)c1cccc(Br)c1)C(=O)O. The molecule has 0 radical (unpaired) electrons. The van der Waals surface area contributed by atoms with Gasteiger partial charge in [0.25, 0.3) is 0 Å². The van der Waals surface area contributed by atoms with E-state index in [1.54, 1.807) is 6.92 Å². The highest BCUT2D eigenvalue weighted by Crippen LogP contribution is 2.19. The van der Waals surface area contributed by atoms with Crippen LogP contribution in [0, 0.1) is 5.92 Å². The average Bonchev–Trinajstić information content (AvgIpc) is 2.17. The molecule has 1 rings (SSSR count). The first-order chi connectivity index (χ1) is 7.00. The van der Waals surface area contributed by atoms with Crippen LogP contribution in [0.4, 0.5) is 5.69 Å². The Morgan fingerprint density at radius 2 is 2.27 bits per heavy atom. The third-order valence-electron chi connectivity index (χ3n) is 2.22. The molecule has 0 aliphatic carbocycles. The molecule has 15 heavy (non-hydrogen) atoms. The Labute approximate surface area is 97.8 Å². The van der Waals surface area contributed by atoms with Crippen LogP contribution in [0.25, 0.3) is 0 Å². The van der Waals surface area contributed by atoms with E-state index < -0.39 is 5.97 Å². The van der Waals surface area contributed by atoms with Gasteiger partial charge >= 0.3 is 5.97 Å². The summed E-state index contributed by atoms with van der Waals surface area (Å²) in [7, 11) is 1.89. The first-order valence-electron chi connectivity index (χ1n) is 4.70. The molecular weight excluding hydrogens is 258 g/mol. The molecule has 0 aliphatic heterocycles. The van der Waals surface area contributed by atoms with Crippen LogP contribution < -0.4 is 4.90 Å². The molecule has 0 spiro atoms. The molecule has 1 aromatic rings. The molecule has 0 bridgehead atoms. The van der Waals surface area contributed by atoms with Crippen LogP contribution in [0.5, 0.6) is 0 Å². The van der Waals surface area contributed by atoms with Crippen molar-refractivity contribution in [2.24, 2.45) is 5.92 Å². The van der Waals surface area contributed by atoms with Gasteiger partial charge in [0.1, 0.15) is 0 Å². The van der Waals surface area contributed by atoms with Gasteiger partial charge in [-0.05, 0) is 18.2 Å². The molecule has 0 aromatic heterocycles. The summed E-state index contributed by atoms with van der Waals surface area (Å²) >= 11 is 3.38. The summed E-state index contributed by atoms with van der Waals surface area (Å²) in [6.45, 7) is 2.21. The first-order valence-corrected chi connectivity index (χ1v) is 5.49. The van der Waals surface area contributed by atoms with E-state index in [1.165, 1.54) is 0 Å². The molecule has 0 aliphatic rings. The molecule has 82 valence electrons. The lowest BCUT2D eigenvalue weighted by atomic mass is 10.1. The minimum Gasteiger partial charge on any atom is -0.481 e. The highest BCUT2D eigenvalue weighted by molar-refractivity contribution is 9.10. The van der Waals surface area contributed by atoms with Crippen LogP contribution in [0.1, 0.15) is 6.92 Å². The Morgan fingerprint density at radius 1 is 1.60 bits per heavy atom. The predicted molar refractivity (Wildman–Crippen MR) is 64.2 cm³/mol. The average molecular weight is 272 g/mol. The molecule has 0 amide bonds. The van der Waals surface area contributed by atoms with Gasteiger partial charge in [0, 0.05) is 23.8 Å².